The highest BCUT2D eigenvalue weighted by Gasteiger charge is 2.23. The summed E-state index contributed by atoms with van der Waals surface area (Å²) in [6, 6.07) is 24.1. The minimum Gasteiger partial charge on any atom is -0.354 e. The first kappa shape index (κ1) is 33.5. The molecule has 238 valence electrons. The Morgan fingerprint density at radius 2 is 0.870 bits per heavy atom. The van der Waals surface area contributed by atoms with Gasteiger partial charge in [0.05, 0.1) is 0 Å². The molecule has 0 spiro atoms. The summed E-state index contributed by atoms with van der Waals surface area (Å²) in [6.45, 7) is 0.948. The van der Waals surface area contributed by atoms with Crippen LogP contribution in [0.15, 0.2) is 110 Å². The van der Waals surface area contributed by atoms with Crippen LogP contribution in [0.2, 0.25) is 0 Å². The maximum absolute atomic E-state index is 13.1. The third kappa shape index (κ3) is 11.3. The van der Waals surface area contributed by atoms with E-state index in [0.29, 0.717) is 37.1 Å². The van der Waals surface area contributed by atoms with Crippen LogP contribution in [0.1, 0.15) is 57.5 Å². The summed E-state index contributed by atoms with van der Waals surface area (Å²) in [5.41, 5.74) is 2.77. The Hall–Kier alpha value is -5.38. The largest absolute Gasteiger partial charge is 0.354 e. The Balaban J connectivity index is 1.18. The van der Waals surface area contributed by atoms with Gasteiger partial charge in [0.1, 0.15) is 12.1 Å². The Kier molecular flexibility index (Phi) is 13.4. The number of rotatable bonds is 17. The van der Waals surface area contributed by atoms with E-state index in [1.807, 2.05) is 60.7 Å². The van der Waals surface area contributed by atoms with E-state index in [-0.39, 0.29) is 23.6 Å². The van der Waals surface area contributed by atoms with Gasteiger partial charge in [0.2, 0.25) is 11.8 Å². The lowest BCUT2D eigenvalue weighted by molar-refractivity contribution is -0.123. The highest BCUT2D eigenvalue weighted by atomic mass is 16.2. The van der Waals surface area contributed by atoms with Crippen molar-refractivity contribution in [2.45, 2.75) is 50.6 Å². The fourth-order valence-electron chi connectivity index (χ4n) is 4.88. The molecule has 4 aromatic rings. The summed E-state index contributed by atoms with van der Waals surface area (Å²) >= 11 is 0. The second-order valence-corrected chi connectivity index (χ2v) is 10.9. The van der Waals surface area contributed by atoms with Gasteiger partial charge in [-0.05, 0) is 48.2 Å². The van der Waals surface area contributed by atoms with E-state index < -0.39 is 12.1 Å². The predicted molar refractivity (Wildman–Crippen MR) is 176 cm³/mol. The number of carbonyl (C=O) groups excluding carboxylic acids is 4. The topological polar surface area (TPSA) is 142 Å². The van der Waals surface area contributed by atoms with Crippen molar-refractivity contribution in [3.63, 3.8) is 0 Å². The molecule has 4 N–H and O–H groups in total. The number of hydrogen-bond donors (Lipinski definition) is 4. The van der Waals surface area contributed by atoms with Crippen LogP contribution in [0.3, 0.4) is 0 Å². The van der Waals surface area contributed by atoms with Gasteiger partial charge in [0.25, 0.3) is 11.8 Å². The van der Waals surface area contributed by atoms with Gasteiger partial charge >= 0.3 is 0 Å². The smallest absolute Gasteiger partial charge is 0.252 e. The SMILES string of the molecule is O=C(N[C@@H](Cc1ccccc1)C(=O)NCCCCCCNC(=O)[C@H](Cc1ccccc1)NC(=O)c1ccncc1)c1ccncc1. The number of pyridine rings is 2. The molecule has 10 nitrogen and oxygen atoms in total. The van der Waals surface area contributed by atoms with E-state index in [2.05, 4.69) is 31.2 Å². The zero-order chi connectivity index (χ0) is 32.4. The molecule has 0 aliphatic rings. The maximum atomic E-state index is 13.1. The maximum Gasteiger partial charge on any atom is 0.252 e. The molecule has 2 aromatic heterocycles. The lowest BCUT2D eigenvalue weighted by atomic mass is 10.0. The fraction of sp³-hybridized carbons (Fsp3) is 0.278. The molecule has 0 radical (unpaired) electrons. The molecule has 4 rings (SSSR count). The summed E-state index contributed by atoms with van der Waals surface area (Å²) in [7, 11) is 0. The number of hydrogen-bond acceptors (Lipinski definition) is 6. The average molecular weight is 621 g/mol. The molecule has 0 aliphatic carbocycles. The summed E-state index contributed by atoms with van der Waals surface area (Å²) in [4.78, 5) is 59.5. The second-order valence-electron chi connectivity index (χ2n) is 10.9. The number of nitrogens with zero attached hydrogens (tertiary/aromatic N) is 2. The monoisotopic (exact) mass is 620 g/mol. The van der Waals surface area contributed by atoms with Gasteiger partial charge in [-0.3, -0.25) is 29.1 Å². The molecule has 0 saturated heterocycles. The number of unbranched alkanes of at least 4 members (excludes halogenated alkanes) is 3. The molecule has 46 heavy (non-hydrogen) atoms. The standard InChI is InChI=1S/C36H40N6O4/c43-33(29-15-21-37-22-16-29)41-31(25-27-11-5-3-6-12-27)35(45)39-19-9-1-2-10-20-40-36(46)32(26-28-13-7-4-8-14-28)42-34(44)30-17-23-38-24-18-30/h3-8,11-18,21-24,31-32H,1-2,9-10,19-20,25-26H2,(H,39,45)(H,40,46)(H,41,43)(H,42,44)/t31-,32-/m0/s1. The minimum atomic E-state index is -0.721. The zero-order valence-electron chi connectivity index (χ0n) is 25.7. The number of amides is 4. The van der Waals surface area contributed by atoms with Gasteiger partial charge < -0.3 is 21.3 Å². The van der Waals surface area contributed by atoms with E-state index in [0.717, 1.165) is 36.8 Å². The minimum absolute atomic E-state index is 0.239. The van der Waals surface area contributed by atoms with Crippen LogP contribution in [0, 0.1) is 0 Å². The molecular weight excluding hydrogens is 580 g/mol. The third-order valence-electron chi connectivity index (χ3n) is 7.40. The summed E-state index contributed by atoms with van der Waals surface area (Å²) in [5.74, 6) is -1.14. The Morgan fingerprint density at radius 1 is 0.500 bits per heavy atom. The molecule has 4 amide bonds. The first-order valence-corrected chi connectivity index (χ1v) is 15.5. The van der Waals surface area contributed by atoms with Crippen molar-refractivity contribution in [2.75, 3.05) is 13.1 Å². The van der Waals surface area contributed by atoms with Crippen LogP contribution in [0.4, 0.5) is 0 Å². The van der Waals surface area contributed by atoms with Crippen molar-refractivity contribution in [3.8, 4) is 0 Å². The van der Waals surface area contributed by atoms with Crippen molar-refractivity contribution in [1.29, 1.82) is 0 Å². The first-order chi connectivity index (χ1) is 22.5. The van der Waals surface area contributed by atoms with Crippen molar-refractivity contribution >= 4 is 23.6 Å². The van der Waals surface area contributed by atoms with Crippen LogP contribution in [-0.2, 0) is 22.4 Å². The van der Waals surface area contributed by atoms with Gasteiger partial charge in [0, 0.05) is 61.8 Å². The average Bonchev–Trinajstić information content (AvgIpc) is 3.10. The number of aromatic nitrogens is 2. The Bertz CT molecular complexity index is 1400. The Labute approximate surface area is 269 Å². The van der Waals surface area contributed by atoms with Gasteiger partial charge in [-0.2, -0.15) is 0 Å². The van der Waals surface area contributed by atoms with E-state index in [9.17, 15) is 19.2 Å². The summed E-state index contributed by atoms with van der Waals surface area (Å²) in [5, 5.41) is 11.6. The fourth-order valence-corrected chi connectivity index (χ4v) is 4.88. The van der Waals surface area contributed by atoms with E-state index in [1.165, 1.54) is 24.8 Å². The number of nitrogens with one attached hydrogen (secondary N) is 4. The van der Waals surface area contributed by atoms with Crippen molar-refractivity contribution in [2.24, 2.45) is 0 Å². The van der Waals surface area contributed by atoms with Crippen molar-refractivity contribution < 1.29 is 19.2 Å². The van der Waals surface area contributed by atoms with Crippen LogP contribution in [0.25, 0.3) is 0 Å². The first-order valence-electron chi connectivity index (χ1n) is 15.5. The lowest BCUT2D eigenvalue weighted by Gasteiger charge is -2.19. The highest BCUT2D eigenvalue weighted by molar-refractivity contribution is 5.98. The summed E-state index contributed by atoms with van der Waals surface area (Å²) < 4.78 is 0. The molecule has 10 heteroatoms. The molecule has 2 aromatic carbocycles. The van der Waals surface area contributed by atoms with Crippen molar-refractivity contribution in [3.05, 3.63) is 132 Å². The molecule has 2 heterocycles. The third-order valence-corrected chi connectivity index (χ3v) is 7.40. The molecule has 0 aliphatic heterocycles. The van der Waals surface area contributed by atoms with Gasteiger partial charge in [0.15, 0.2) is 0 Å². The van der Waals surface area contributed by atoms with E-state index >= 15 is 0 Å². The van der Waals surface area contributed by atoms with Crippen LogP contribution >= 0.6 is 0 Å². The van der Waals surface area contributed by atoms with Gasteiger partial charge in [-0.25, -0.2) is 0 Å². The van der Waals surface area contributed by atoms with Gasteiger partial charge in [-0.15, -0.1) is 0 Å². The quantitative estimate of drug-likeness (QED) is 0.133. The highest BCUT2D eigenvalue weighted by Crippen LogP contribution is 2.08. The zero-order valence-corrected chi connectivity index (χ0v) is 25.7. The molecule has 0 bridgehead atoms. The van der Waals surface area contributed by atoms with Gasteiger partial charge in [-0.1, -0.05) is 73.5 Å². The molecule has 0 saturated carbocycles. The van der Waals surface area contributed by atoms with Crippen LogP contribution < -0.4 is 21.3 Å². The number of benzene rings is 2. The normalized spacial score (nSPS) is 11.9. The molecule has 0 unspecified atom stereocenters. The van der Waals surface area contributed by atoms with Crippen LogP contribution in [0.5, 0.6) is 0 Å². The van der Waals surface area contributed by atoms with Crippen LogP contribution in [-0.4, -0.2) is 58.8 Å². The lowest BCUT2D eigenvalue weighted by Crippen LogP contribution is -2.48. The molecular formula is C36H40N6O4. The predicted octanol–water partition coefficient (Wildman–Crippen LogP) is 3.65. The number of carbonyl (C=O) groups is 4. The molecule has 0 fully saturated rings. The van der Waals surface area contributed by atoms with E-state index in [4.69, 9.17) is 0 Å². The summed E-state index contributed by atoms with van der Waals surface area (Å²) in [6.07, 6.45) is 10.1. The van der Waals surface area contributed by atoms with Crippen molar-refractivity contribution in [1.82, 2.24) is 31.2 Å². The molecule has 2 atom stereocenters. The second kappa shape index (κ2) is 18.4. The van der Waals surface area contributed by atoms with E-state index in [1.54, 1.807) is 24.3 Å². The Morgan fingerprint density at radius 3 is 1.24 bits per heavy atom.